The SMILES string of the molecule is CCC(N)(N)CC(O)(O)O. The summed E-state index contributed by atoms with van der Waals surface area (Å²) in [6, 6.07) is 0. The van der Waals surface area contributed by atoms with Crippen molar-refractivity contribution in [2.24, 2.45) is 11.5 Å². The van der Waals surface area contributed by atoms with Crippen LogP contribution in [0.3, 0.4) is 0 Å². The molecule has 0 fully saturated rings. The maximum atomic E-state index is 8.44. The molecule has 7 N–H and O–H groups in total. The van der Waals surface area contributed by atoms with E-state index in [2.05, 4.69) is 0 Å². The Morgan fingerprint density at radius 3 is 1.70 bits per heavy atom. The fourth-order valence-electron chi connectivity index (χ4n) is 0.567. The first-order valence-corrected chi connectivity index (χ1v) is 3.02. The highest BCUT2D eigenvalue weighted by molar-refractivity contribution is 4.77. The molecule has 5 heteroatoms. The van der Waals surface area contributed by atoms with Crippen molar-refractivity contribution in [1.82, 2.24) is 0 Å². The van der Waals surface area contributed by atoms with E-state index in [1.54, 1.807) is 6.92 Å². The molecule has 0 unspecified atom stereocenters. The van der Waals surface area contributed by atoms with E-state index in [1.165, 1.54) is 0 Å². The molecule has 0 spiro atoms. The van der Waals surface area contributed by atoms with Gasteiger partial charge in [-0.15, -0.1) is 0 Å². The lowest BCUT2D eigenvalue weighted by Crippen LogP contribution is -2.54. The first-order chi connectivity index (χ1) is 4.27. The molecule has 0 aliphatic rings. The van der Waals surface area contributed by atoms with E-state index >= 15 is 0 Å². The fraction of sp³-hybridized carbons (Fsp3) is 1.00. The van der Waals surface area contributed by atoms with Crippen LogP contribution in [0.5, 0.6) is 0 Å². The zero-order chi connectivity index (χ0) is 8.41. The summed E-state index contributed by atoms with van der Waals surface area (Å²) in [6.07, 6.45) is -0.104. The van der Waals surface area contributed by atoms with Gasteiger partial charge >= 0.3 is 0 Å². The molecule has 0 aromatic rings. The van der Waals surface area contributed by atoms with Gasteiger partial charge in [0.2, 0.25) is 0 Å². The van der Waals surface area contributed by atoms with E-state index in [-0.39, 0.29) is 0 Å². The highest BCUT2D eigenvalue weighted by Gasteiger charge is 2.29. The predicted molar refractivity (Wildman–Crippen MR) is 35.4 cm³/mol. The molecular formula is C5H14N2O3. The van der Waals surface area contributed by atoms with Crippen molar-refractivity contribution in [2.45, 2.75) is 31.4 Å². The lowest BCUT2D eigenvalue weighted by molar-refractivity contribution is -0.320. The maximum absolute atomic E-state index is 8.44. The monoisotopic (exact) mass is 150 g/mol. The molecule has 5 nitrogen and oxygen atoms in total. The van der Waals surface area contributed by atoms with Crippen LogP contribution >= 0.6 is 0 Å². The second-order valence-corrected chi connectivity index (χ2v) is 2.54. The molecule has 0 amide bonds. The molecule has 0 rings (SSSR count). The number of hydrogen-bond donors (Lipinski definition) is 5. The molecule has 0 aliphatic carbocycles. The van der Waals surface area contributed by atoms with Crippen LogP contribution in [0.25, 0.3) is 0 Å². The molecule has 0 radical (unpaired) electrons. The van der Waals surface area contributed by atoms with Gasteiger partial charge in [0.15, 0.2) is 0 Å². The summed E-state index contributed by atoms with van der Waals surface area (Å²) in [6.45, 7) is 1.69. The third-order valence-corrected chi connectivity index (χ3v) is 1.22. The topological polar surface area (TPSA) is 113 Å². The van der Waals surface area contributed by atoms with Gasteiger partial charge < -0.3 is 26.8 Å². The molecule has 0 aromatic heterocycles. The van der Waals surface area contributed by atoms with E-state index in [9.17, 15) is 0 Å². The Hall–Kier alpha value is -0.200. The van der Waals surface area contributed by atoms with Gasteiger partial charge in [-0.1, -0.05) is 6.92 Å². The summed E-state index contributed by atoms with van der Waals surface area (Å²) < 4.78 is 0. The predicted octanol–water partition coefficient (Wildman–Crippen LogP) is -1.97. The highest BCUT2D eigenvalue weighted by atomic mass is 16.7. The Kier molecular flexibility index (Phi) is 2.76. The number of rotatable bonds is 3. The van der Waals surface area contributed by atoms with Crippen LogP contribution in [-0.2, 0) is 0 Å². The van der Waals surface area contributed by atoms with Gasteiger partial charge in [-0.2, -0.15) is 0 Å². The fourth-order valence-corrected chi connectivity index (χ4v) is 0.567. The van der Waals surface area contributed by atoms with Crippen molar-refractivity contribution in [3.8, 4) is 0 Å². The van der Waals surface area contributed by atoms with Crippen LogP contribution in [0.1, 0.15) is 19.8 Å². The smallest absolute Gasteiger partial charge is 0.278 e. The Balaban J connectivity index is 3.89. The second-order valence-electron chi connectivity index (χ2n) is 2.54. The van der Waals surface area contributed by atoms with E-state index in [0.29, 0.717) is 6.42 Å². The standard InChI is InChI=1S/C5H14N2O3/c1-2-4(6,7)3-5(8,9)10/h8-10H,2-3,6-7H2,1H3. The lowest BCUT2D eigenvalue weighted by Gasteiger charge is -2.27. The van der Waals surface area contributed by atoms with Crippen molar-refractivity contribution in [2.75, 3.05) is 0 Å². The van der Waals surface area contributed by atoms with Crippen LogP contribution in [0.15, 0.2) is 0 Å². The van der Waals surface area contributed by atoms with E-state index in [0.717, 1.165) is 0 Å². The molecule has 0 bridgehead atoms. The van der Waals surface area contributed by atoms with Gasteiger partial charge in [0.25, 0.3) is 5.97 Å². The van der Waals surface area contributed by atoms with Crippen molar-refractivity contribution >= 4 is 0 Å². The summed E-state index contributed by atoms with van der Waals surface area (Å²) in [5.41, 5.74) is 9.38. The van der Waals surface area contributed by atoms with Crippen LogP contribution in [0, 0.1) is 0 Å². The third kappa shape index (κ3) is 4.66. The molecule has 0 atom stereocenters. The highest BCUT2D eigenvalue weighted by Crippen LogP contribution is 2.11. The van der Waals surface area contributed by atoms with E-state index in [1.807, 2.05) is 0 Å². The van der Waals surface area contributed by atoms with E-state index < -0.39 is 18.1 Å². The number of aliphatic hydroxyl groups is 3. The molecule has 10 heavy (non-hydrogen) atoms. The Morgan fingerprint density at radius 2 is 1.60 bits per heavy atom. The molecule has 0 saturated carbocycles. The Bertz CT molecular complexity index is 108. The van der Waals surface area contributed by atoms with Crippen molar-refractivity contribution in [1.29, 1.82) is 0 Å². The number of hydrogen-bond acceptors (Lipinski definition) is 5. The lowest BCUT2D eigenvalue weighted by atomic mass is 10.0. The average Bonchev–Trinajstić information content (AvgIpc) is 1.60. The summed E-state index contributed by atoms with van der Waals surface area (Å²) >= 11 is 0. The van der Waals surface area contributed by atoms with Crippen LogP contribution in [-0.4, -0.2) is 27.0 Å². The Morgan fingerprint density at radius 1 is 1.20 bits per heavy atom. The zero-order valence-corrected chi connectivity index (χ0v) is 5.91. The van der Waals surface area contributed by atoms with Gasteiger partial charge in [-0.3, -0.25) is 0 Å². The van der Waals surface area contributed by atoms with Gasteiger partial charge in [0.05, 0.1) is 12.1 Å². The molecule has 0 aromatic carbocycles. The maximum Gasteiger partial charge on any atom is 0.278 e. The van der Waals surface area contributed by atoms with Crippen molar-refractivity contribution < 1.29 is 15.3 Å². The summed E-state index contributed by atoms with van der Waals surface area (Å²) in [7, 11) is 0. The first kappa shape index (κ1) is 9.80. The van der Waals surface area contributed by atoms with Crippen LogP contribution < -0.4 is 11.5 Å². The quantitative estimate of drug-likeness (QED) is 0.299. The van der Waals surface area contributed by atoms with Gasteiger partial charge in [0, 0.05) is 0 Å². The molecular weight excluding hydrogens is 136 g/mol. The second kappa shape index (κ2) is 2.81. The van der Waals surface area contributed by atoms with Crippen molar-refractivity contribution in [3.63, 3.8) is 0 Å². The zero-order valence-electron chi connectivity index (χ0n) is 5.91. The molecule has 62 valence electrons. The molecule has 0 saturated heterocycles. The normalized spacial score (nSPS) is 13.8. The minimum atomic E-state index is -2.76. The summed E-state index contributed by atoms with van der Waals surface area (Å²) in [4.78, 5) is 0. The number of nitrogens with two attached hydrogens (primary N) is 2. The van der Waals surface area contributed by atoms with Gasteiger partial charge in [-0.05, 0) is 6.42 Å². The van der Waals surface area contributed by atoms with Crippen molar-refractivity contribution in [3.05, 3.63) is 0 Å². The Labute approximate surface area is 59.3 Å². The minimum absolute atomic E-state index is 0.358. The van der Waals surface area contributed by atoms with Gasteiger partial charge in [0.1, 0.15) is 0 Å². The average molecular weight is 150 g/mol. The summed E-state index contributed by atoms with van der Waals surface area (Å²) in [5.74, 6) is -2.76. The van der Waals surface area contributed by atoms with Crippen LogP contribution in [0.4, 0.5) is 0 Å². The molecule has 0 heterocycles. The molecule has 0 aliphatic heterocycles. The van der Waals surface area contributed by atoms with Gasteiger partial charge in [-0.25, -0.2) is 0 Å². The van der Waals surface area contributed by atoms with Crippen LogP contribution in [0.2, 0.25) is 0 Å². The minimum Gasteiger partial charge on any atom is -0.344 e. The third-order valence-electron chi connectivity index (χ3n) is 1.22. The first-order valence-electron chi connectivity index (χ1n) is 3.02. The summed E-state index contributed by atoms with van der Waals surface area (Å²) in [5, 5.41) is 25.3. The van der Waals surface area contributed by atoms with E-state index in [4.69, 9.17) is 26.8 Å². The largest absolute Gasteiger partial charge is 0.344 e.